The molecule has 2 amide bonds. The molecule has 2 aromatic carbocycles. The molecule has 0 bridgehead atoms. The molecule has 5 nitrogen and oxygen atoms in total. The summed E-state index contributed by atoms with van der Waals surface area (Å²) >= 11 is 0. The van der Waals surface area contributed by atoms with Gasteiger partial charge in [-0.1, -0.05) is 43.7 Å². The van der Waals surface area contributed by atoms with E-state index in [2.05, 4.69) is 15.8 Å². The van der Waals surface area contributed by atoms with E-state index in [0.29, 0.717) is 17.7 Å². The zero-order valence-electron chi connectivity index (χ0n) is 13.7. The van der Waals surface area contributed by atoms with Crippen molar-refractivity contribution in [1.82, 2.24) is 5.43 Å². The third-order valence-electron chi connectivity index (χ3n) is 3.37. The average Bonchev–Trinajstić information content (AvgIpc) is 2.61. The molecule has 0 aliphatic carbocycles. The van der Waals surface area contributed by atoms with E-state index in [1.54, 1.807) is 30.5 Å². The summed E-state index contributed by atoms with van der Waals surface area (Å²) in [6.45, 7) is 2.04. The van der Waals surface area contributed by atoms with Gasteiger partial charge >= 0.3 is 0 Å². The van der Waals surface area contributed by atoms with Crippen LogP contribution in [0.2, 0.25) is 0 Å². The zero-order valence-corrected chi connectivity index (χ0v) is 13.7. The molecule has 2 N–H and O–H groups in total. The first-order chi connectivity index (χ1) is 11.7. The Bertz CT molecular complexity index is 694. The molecule has 0 aromatic heterocycles. The van der Waals surface area contributed by atoms with Gasteiger partial charge in [-0.3, -0.25) is 9.59 Å². The Morgan fingerprint density at radius 2 is 1.75 bits per heavy atom. The summed E-state index contributed by atoms with van der Waals surface area (Å²) in [5.74, 6) is -0.312. The number of anilines is 1. The first-order valence-corrected chi connectivity index (χ1v) is 7.97. The maximum Gasteiger partial charge on any atom is 0.271 e. The Labute approximate surface area is 141 Å². The van der Waals surface area contributed by atoms with Crippen molar-refractivity contribution in [3.63, 3.8) is 0 Å². The van der Waals surface area contributed by atoms with E-state index in [1.807, 2.05) is 37.3 Å². The highest BCUT2D eigenvalue weighted by molar-refractivity contribution is 5.96. The SMILES string of the molecule is CCCCC(=O)Nc1ccc(C(=O)N/N=C/c2ccccc2)cc1. The van der Waals surface area contributed by atoms with Gasteiger partial charge in [-0.15, -0.1) is 0 Å². The van der Waals surface area contributed by atoms with Gasteiger partial charge in [0, 0.05) is 17.7 Å². The van der Waals surface area contributed by atoms with Crippen LogP contribution in [0.25, 0.3) is 0 Å². The molecule has 124 valence electrons. The minimum atomic E-state index is -0.300. The number of hydrazone groups is 1. The van der Waals surface area contributed by atoms with E-state index in [9.17, 15) is 9.59 Å². The third kappa shape index (κ3) is 5.68. The van der Waals surface area contributed by atoms with Crippen LogP contribution in [0, 0.1) is 0 Å². The van der Waals surface area contributed by atoms with Crippen molar-refractivity contribution in [2.75, 3.05) is 5.32 Å². The number of hydrogen-bond donors (Lipinski definition) is 2. The number of unbranched alkanes of at least 4 members (excludes halogenated alkanes) is 1. The Morgan fingerprint density at radius 3 is 2.42 bits per heavy atom. The smallest absolute Gasteiger partial charge is 0.271 e. The quantitative estimate of drug-likeness (QED) is 0.604. The molecule has 0 aliphatic heterocycles. The Balaban J connectivity index is 1.87. The Hall–Kier alpha value is -2.95. The maximum absolute atomic E-state index is 12.0. The fraction of sp³-hybridized carbons (Fsp3) is 0.211. The first-order valence-electron chi connectivity index (χ1n) is 7.97. The second kappa shape index (κ2) is 9.25. The summed E-state index contributed by atoms with van der Waals surface area (Å²) in [4.78, 5) is 23.7. The molecular weight excluding hydrogens is 302 g/mol. The molecule has 0 spiro atoms. The molecule has 0 fully saturated rings. The largest absolute Gasteiger partial charge is 0.326 e. The van der Waals surface area contributed by atoms with Crippen molar-refractivity contribution in [2.24, 2.45) is 5.10 Å². The zero-order chi connectivity index (χ0) is 17.2. The molecule has 2 aromatic rings. The average molecular weight is 323 g/mol. The highest BCUT2D eigenvalue weighted by Crippen LogP contribution is 2.10. The van der Waals surface area contributed by atoms with Crippen LogP contribution in [-0.2, 0) is 4.79 Å². The van der Waals surface area contributed by atoms with Crippen molar-refractivity contribution in [3.05, 3.63) is 65.7 Å². The van der Waals surface area contributed by atoms with Gasteiger partial charge in [0.15, 0.2) is 0 Å². The van der Waals surface area contributed by atoms with Crippen LogP contribution >= 0.6 is 0 Å². The predicted molar refractivity (Wildman–Crippen MR) is 96.1 cm³/mol. The highest BCUT2D eigenvalue weighted by atomic mass is 16.2. The van der Waals surface area contributed by atoms with Gasteiger partial charge in [-0.05, 0) is 36.2 Å². The van der Waals surface area contributed by atoms with E-state index in [-0.39, 0.29) is 11.8 Å². The number of nitrogens with one attached hydrogen (secondary N) is 2. The van der Waals surface area contributed by atoms with Gasteiger partial charge < -0.3 is 5.32 Å². The van der Waals surface area contributed by atoms with Gasteiger partial charge in [0.1, 0.15) is 0 Å². The second-order valence-corrected chi connectivity index (χ2v) is 5.34. The Kier molecular flexibility index (Phi) is 6.71. The van der Waals surface area contributed by atoms with Crippen LogP contribution in [0.5, 0.6) is 0 Å². The second-order valence-electron chi connectivity index (χ2n) is 5.34. The number of carbonyl (C=O) groups is 2. The third-order valence-corrected chi connectivity index (χ3v) is 3.37. The van der Waals surface area contributed by atoms with Crippen molar-refractivity contribution >= 4 is 23.7 Å². The van der Waals surface area contributed by atoms with Gasteiger partial charge in [-0.2, -0.15) is 5.10 Å². The van der Waals surface area contributed by atoms with Gasteiger partial charge in [-0.25, -0.2) is 5.43 Å². The number of hydrogen-bond acceptors (Lipinski definition) is 3. The van der Waals surface area contributed by atoms with Crippen molar-refractivity contribution in [1.29, 1.82) is 0 Å². The normalized spacial score (nSPS) is 10.5. The summed E-state index contributed by atoms with van der Waals surface area (Å²) in [6.07, 6.45) is 3.94. The predicted octanol–water partition coefficient (Wildman–Crippen LogP) is 3.58. The van der Waals surface area contributed by atoms with Crippen LogP contribution in [0.4, 0.5) is 5.69 Å². The van der Waals surface area contributed by atoms with Crippen LogP contribution < -0.4 is 10.7 Å². The van der Waals surface area contributed by atoms with Crippen LogP contribution in [-0.4, -0.2) is 18.0 Å². The Morgan fingerprint density at radius 1 is 1.04 bits per heavy atom. The standard InChI is InChI=1S/C19H21N3O2/c1-2-3-9-18(23)21-17-12-10-16(11-13-17)19(24)22-20-14-15-7-5-4-6-8-15/h4-8,10-14H,2-3,9H2,1H3,(H,21,23)(H,22,24)/b20-14+. The van der Waals surface area contributed by atoms with Crippen LogP contribution in [0.1, 0.15) is 42.1 Å². The molecule has 0 radical (unpaired) electrons. The summed E-state index contributed by atoms with van der Waals surface area (Å²) in [5.41, 5.74) is 4.54. The molecule has 0 atom stereocenters. The minimum Gasteiger partial charge on any atom is -0.326 e. The van der Waals surface area contributed by atoms with Crippen molar-refractivity contribution in [3.8, 4) is 0 Å². The van der Waals surface area contributed by atoms with Crippen molar-refractivity contribution in [2.45, 2.75) is 26.2 Å². The number of carbonyl (C=O) groups excluding carboxylic acids is 2. The summed E-state index contributed by atoms with van der Waals surface area (Å²) in [5, 5.41) is 6.74. The van der Waals surface area contributed by atoms with E-state index in [0.717, 1.165) is 18.4 Å². The molecule has 5 heteroatoms. The molecule has 0 aliphatic rings. The molecule has 24 heavy (non-hydrogen) atoms. The molecule has 0 heterocycles. The fourth-order valence-electron chi connectivity index (χ4n) is 2.03. The van der Waals surface area contributed by atoms with Crippen LogP contribution in [0.3, 0.4) is 0 Å². The molecule has 2 rings (SSSR count). The molecule has 0 saturated carbocycles. The fourth-order valence-corrected chi connectivity index (χ4v) is 2.03. The van der Waals surface area contributed by atoms with Gasteiger partial charge in [0.05, 0.1) is 6.21 Å². The lowest BCUT2D eigenvalue weighted by Crippen LogP contribution is -2.17. The van der Waals surface area contributed by atoms with E-state index in [4.69, 9.17) is 0 Å². The van der Waals surface area contributed by atoms with Crippen molar-refractivity contribution < 1.29 is 9.59 Å². The first kappa shape index (κ1) is 17.4. The topological polar surface area (TPSA) is 70.6 Å². The monoisotopic (exact) mass is 323 g/mol. The number of amides is 2. The summed E-state index contributed by atoms with van der Waals surface area (Å²) in [6, 6.07) is 16.2. The van der Waals surface area contributed by atoms with E-state index >= 15 is 0 Å². The number of benzene rings is 2. The number of nitrogens with zero attached hydrogens (tertiary/aromatic N) is 1. The number of rotatable bonds is 7. The lowest BCUT2D eigenvalue weighted by Gasteiger charge is -2.05. The lowest BCUT2D eigenvalue weighted by molar-refractivity contribution is -0.116. The molecule has 0 saturated heterocycles. The maximum atomic E-state index is 12.0. The highest BCUT2D eigenvalue weighted by Gasteiger charge is 2.05. The van der Waals surface area contributed by atoms with E-state index < -0.39 is 0 Å². The van der Waals surface area contributed by atoms with Crippen LogP contribution in [0.15, 0.2) is 59.7 Å². The van der Waals surface area contributed by atoms with E-state index in [1.165, 1.54) is 0 Å². The molecular formula is C19H21N3O2. The molecule has 0 unspecified atom stereocenters. The van der Waals surface area contributed by atoms with Gasteiger partial charge in [0.2, 0.25) is 5.91 Å². The summed E-state index contributed by atoms with van der Waals surface area (Å²) in [7, 11) is 0. The minimum absolute atomic E-state index is 0.0125. The summed E-state index contributed by atoms with van der Waals surface area (Å²) < 4.78 is 0. The van der Waals surface area contributed by atoms with Gasteiger partial charge in [0.25, 0.3) is 5.91 Å². The lowest BCUT2D eigenvalue weighted by atomic mass is 10.2.